The molecular formula is C17H27FN2O. The van der Waals surface area contributed by atoms with Crippen LogP contribution in [0.3, 0.4) is 0 Å². The second kappa shape index (κ2) is 7.76. The number of nitrogens with one attached hydrogen (secondary N) is 1. The van der Waals surface area contributed by atoms with Gasteiger partial charge in [0, 0.05) is 43.9 Å². The number of nitrogens with zero attached hydrogens (tertiary/aromatic N) is 1. The van der Waals surface area contributed by atoms with E-state index in [4.69, 9.17) is 4.74 Å². The van der Waals surface area contributed by atoms with Crippen LogP contribution in [0.5, 0.6) is 5.75 Å². The van der Waals surface area contributed by atoms with Crippen molar-refractivity contribution in [2.75, 3.05) is 33.3 Å². The summed E-state index contributed by atoms with van der Waals surface area (Å²) in [5.74, 6) is 0.871. The summed E-state index contributed by atoms with van der Waals surface area (Å²) in [6.07, 6.45) is 2.24. The molecule has 1 aromatic rings. The van der Waals surface area contributed by atoms with Crippen LogP contribution in [-0.2, 0) is 0 Å². The highest BCUT2D eigenvalue weighted by molar-refractivity contribution is 5.31. The predicted molar refractivity (Wildman–Crippen MR) is 84.2 cm³/mol. The predicted octanol–water partition coefficient (Wildman–Crippen LogP) is 3.22. The van der Waals surface area contributed by atoms with Gasteiger partial charge in [-0.05, 0) is 18.4 Å². The number of halogens is 1. The summed E-state index contributed by atoms with van der Waals surface area (Å²) >= 11 is 0. The van der Waals surface area contributed by atoms with Gasteiger partial charge < -0.3 is 10.1 Å². The number of rotatable bonds is 6. The van der Waals surface area contributed by atoms with Gasteiger partial charge in [0.15, 0.2) is 0 Å². The molecule has 1 saturated heterocycles. The second-order valence-corrected chi connectivity index (χ2v) is 5.88. The lowest BCUT2D eigenvalue weighted by Crippen LogP contribution is -2.46. The Hall–Kier alpha value is -1.13. The largest absolute Gasteiger partial charge is 0.497 e. The molecule has 1 aromatic carbocycles. The van der Waals surface area contributed by atoms with E-state index in [9.17, 15) is 4.39 Å². The first-order valence-corrected chi connectivity index (χ1v) is 7.95. The number of methoxy groups -OCH3 is 1. The third kappa shape index (κ3) is 3.95. The second-order valence-electron chi connectivity index (χ2n) is 5.88. The van der Waals surface area contributed by atoms with Gasteiger partial charge in [-0.2, -0.15) is 0 Å². The molecule has 2 atom stereocenters. The quantitative estimate of drug-likeness (QED) is 0.872. The number of hydrogen-bond acceptors (Lipinski definition) is 3. The van der Waals surface area contributed by atoms with E-state index in [1.54, 1.807) is 7.11 Å². The first-order chi connectivity index (χ1) is 10.2. The molecule has 0 aliphatic carbocycles. The molecule has 1 fully saturated rings. The van der Waals surface area contributed by atoms with Gasteiger partial charge in [0.2, 0.25) is 0 Å². The molecule has 0 bridgehead atoms. The van der Waals surface area contributed by atoms with E-state index in [0.717, 1.165) is 44.6 Å². The Balaban J connectivity index is 2.29. The van der Waals surface area contributed by atoms with Crippen LogP contribution in [0.4, 0.5) is 4.39 Å². The molecule has 0 amide bonds. The molecule has 1 N–H and O–H groups in total. The smallest absolute Gasteiger partial charge is 0.131 e. The van der Waals surface area contributed by atoms with Crippen molar-refractivity contribution in [3.63, 3.8) is 0 Å². The van der Waals surface area contributed by atoms with E-state index >= 15 is 0 Å². The van der Waals surface area contributed by atoms with Crippen LogP contribution >= 0.6 is 0 Å². The Kier molecular flexibility index (Phi) is 6.00. The first kappa shape index (κ1) is 16.2. The van der Waals surface area contributed by atoms with Gasteiger partial charge in [0.1, 0.15) is 11.6 Å². The van der Waals surface area contributed by atoms with Crippen molar-refractivity contribution in [1.82, 2.24) is 10.2 Å². The molecule has 0 radical (unpaired) electrons. The van der Waals surface area contributed by atoms with E-state index < -0.39 is 0 Å². The summed E-state index contributed by atoms with van der Waals surface area (Å²) in [4.78, 5) is 2.42. The highest BCUT2D eigenvalue weighted by Gasteiger charge is 2.29. The van der Waals surface area contributed by atoms with Crippen molar-refractivity contribution >= 4 is 0 Å². The maximum absolute atomic E-state index is 14.5. The topological polar surface area (TPSA) is 24.5 Å². The van der Waals surface area contributed by atoms with Gasteiger partial charge in [-0.25, -0.2) is 4.39 Å². The highest BCUT2D eigenvalue weighted by Crippen LogP contribution is 2.34. The summed E-state index contributed by atoms with van der Waals surface area (Å²) < 4.78 is 19.6. The minimum absolute atomic E-state index is 0.151. The molecule has 0 saturated carbocycles. The standard InChI is InChI=1S/C17H27FN2O/c1-4-5-13(2)17(20-10-8-19-9-11-20)15-7-6-14(21-3)12-16(15)18/h6-7,12-13,17,19H,4-5,8-11H2,1-3H3/t13?,17-/m1/s1. The maximum atomic E-state index is 14.5. The third-order valence-electron chi connectivity index (χ3n) is 4.35. The summed E-state index contributed by atoms with van der Waals surface area (Å²) in [6.45, 7) is 8.34. The molecule has 1 aliphatic rings. The molecule has 0 spiro atoms. The minimum Gasteiger partial charge on any atom is -0.497 e. The maximum Gasteiger partial charge on any atom is 0.131 e. The fourth-order valence-electron chi connectivity index (χ4n) is 3.31. The normalized spacial score (nSPS) is 19.2. The average molecular weight is 294 g/mol. The molecular weight excluding hydrogens is 267 g/mol. The number of hydrogen-bond donors (Lipinski definition) is 1. The van der Waals surface area contributed by atoms with Crippen LogP contribution in [0.25, 0.3) is 0 Å². The Morgan fingerprint density at radius 3 is 2.62 bits per heavy atom. The minimum atomic E-state index is -0.152. The molecule has 1 heterocycles. The summed E-state index contributed by atoms with van der Waals surface area (Å²) in [5.41, 5.74) is 0.804. The third-order valence-corrected chi connectivity index (χ3v) is 4.35. The van der Waals surface area contributed by atoms with Gasteiger partial charge >= 0.3 is 0 Å². The van der Waals surface area contributed by atoms with Crippen molar-refractivity contribution in [2.24, 2.45) is 5.92 Å². The van der Waals surface area contributed by atoms with Gasteiger partial charge in [-0.1, -0.05) is 26.3 Å². The zero-order valence-electron chi connectivity index (χ0n) is 13.4. The van der Waals surface area contributed by atoms with Gasteiger partial charge in [0.25, 0.3) is 0 Å². The van der Waals surface area contributed by atoms with E-state index in [1.807, 2.05) is 12.1 Å². The fourth-order valence-corrected chi connectivity index (χ4v) is 3.31. The zero-order valence-corrected chi connectivity index (χ0v) is 13.4. The van der Waals surface area contributed by atoms with Crippen LogP contribution in [0.15, 0.2) is 18.2 Å². The van der Waals surface area contributed by atoms with Crippen molar-refractivity contribution in [3.05, 3.63) is 29.6 Å². The van der Waals surface area contributed by atoms with E-state index in [-0.39, 0.29) is 11.9 Å². The van der Waals surface area contributed by atoms with E-state index in [2.05, 4.69) is 24.1 Å². The Bertz CT molecular complexity index is 446. The van der Waals surface area contributed by atoms with Crippen LogP contribution in [0, 0.1) is 11.7 Å². The highest BCUT2D eigenvalue weighted by atomic mass is 19.1. The number of benzene rings is 1. The van der Waals surface area contributed by atoms with Crippen molar-refractivity contribution in [1.29, 1.82) is 0 Å². The van der Waals surface area contributed by atoms with E-state index in [0.29, 0.717) is 11.7 Å². The molecule has 118 valence electrons. The lowest BCUT2D eigenvalue weighted by atomic mass is 9.89. The Morgan fingerprint density at radius 1 is 1.33 bits per heavy atom. The van der Waals surface area contributed by atoms with Gasteiger partial charge in [-0.15, -0.1) is 0 Å². The molecule has 1 aliphatic heterocycles. The lowest BCUT2D eigenvalue weighted by molar-refractivity contribution is 0.123. The SMILES string of the molecule is CCCC(C)[C@H](c1ccc(OC)cc1F)N1CCNCC1. The van der Waals surface area contributed by atoms with Gasteiger partial charge in [-0.3, -0.25) is 4.90 Å². The van der Waals surface area contributed by atoms with Crippen molar-refractivity contribution in [2.45, 2.75) is 32.7 Å². The fraction of sp³-hybridized carbons (Fsp3) is 0.647. The summed E-state index contributed by atoms with van der Waals surface area (Å²) in [5, 5.41) is 3.37. The molecule has 2 rings (SSSR count). The van der Waals surface area contributed by atoms with Crippen molar-refractivity contribution < 1.29 is 9.13 Å². The molecule has 0 aromatic heterocycles. The van der Waals surface area contributed by atoms with Crippen LogP contribution in [-0.4, -0.2) is 38.2 Å². The van der Waals surface area contributed by atoms with Crippen molar-refractivity contribution in [3.8, 4) is 5.75 Å². The lowest BCUT2D eigenvalue weighted by Gasteiger charge is -2.38. The monoisotopic (exact) mass is 294 g/mol. The summed E-state index contributed by atoms with van der Waals surface area (Å²) in [7, 11) is 1.57. The summed E-state index contributed by atoms with van der Waals surface area (Å²) in [6, 6.07) is 5.42. The average Bonchev–Trinajstić information content (AvgIpc) is 2.50. The molecule has 21 heavy (non-hydrogen) atoms. The van der Waals surface area contributed by atoms with Crippen LogP contribution in [0.2, 0.25) is 0 Å². The molecule has 4 heteroatoms. The van der Waals surface area contributed by atoms with Crippen LogP contribution < -0.4 is 10.1 Å². The molecule has 1 unspecified atom stereocenters. The zero-order chi connectivity index (χ0) is 15.2. The van der Waals surface area contributed by atoms with Gasteiger partial charge in [0.05, 0.1) is 7.11 Å². The van der Waals surface area contributed by atoms with E-state index in [1.165, 1.54) is 6.07 Å². The Morgan fingerprint density at radius 2 is 2.05 bits per heavy atom. The first-order valence-electron chi connectivity index (χ1n) is 7.95. The van der Waals surface area contributed by atoms with Crippen LogP contribution in [0.1, 0.15) is 38.3 Å². The Labute approximate surface area is 127 Å². The number of piperazine rings is 1. The molecule has 3 nitrogen and oxygen atoms in total. The number of ether oxygens (including phenoxy) is 1.